The maximum atomic E-state index is 13.4. The van der Waals surface area contributed by atoms with E-state index in [-0.39, 0.29) is 56.0 Å². The molecule has 6 amide bonds. The lowest BCUT2D eigenvalue weighted by Gasteiger charge is -2.27. The summed E-state index contributed by atoms with van der Waals surface area (Å²) < 4.78 is 26.9. The number of nitrogens with one attached hydrogen (secondary N) is 5. The highest BCUT2D eigenvalue weighted by molar-refractivity contribution is 7.90. The van der Waals surface area contributed by atoms with Gasteiger partial charge in [0.1, 0.15) is 6.04 Å². The quantitative estimate of drug-likeness (QED) is 0.0555. The number of carbonyl (C=O) groups excluding carboxylic acids is 6. The smallest absolute Gasteiger partial charge is 0.264 e. The number of amides is 6. The molecule has 0 radical (unpaired) electrons. The monoisotopic (exact) mass is 858 g/mol. The first-order chi connectivity index (χ1) is 28.2. The standard InChI is InChI=1S/C42H40Cl2N6O8S/c1-22-33(20-27-26-19-24(13-14-31(26)48-38(27)52)59(57,58)21-28-29(43)10-8-11-30(28)44)47-23(2)36(22)40(54)46-18-6-4-3-5-17-45-32-12-7-9-25-37(32)42(56)50(41(25)55)34-15-16-35(51)49-39(34)53/h7-14,19-20,34,45,47H,3-6,15-18,21H2,1-2H3,(H,46,54)(H,48,52)(H,49,51,53). The van der Waals surface area contributed by atoms with Gasteiger partial charge in [-0.05, 0) is 87.2 Å². The van der Waals surface area contributed by atoms with E-state index in [0.29, 0.717) is 59.0 Å². The molecular formula is C42H40Cl2N6O8S. The zero-order valence-electron chi connectivity index (χ0n) is 32.1. The van der Waals surface area contributed by atoms with Crippen molar-refractivity contribution >= 4 is 91.5 Å². The Bertz CT molecular complexity index is 2580. The van der Waals surface area contributed by atoms with Crippen LogP contribution in [0.25, 0.3) is 11.6 Å². The number of aromatic nitrogens is 1. The first-order valence-electron chi connectivity index (χ1n) is 19.0. The number of benzene rings is 3. The van der Waals surface area contributed by atoms with E-state index in [1.54, 1.807) is 56.3 Å². The predicted octanol–water partition coefficient (Wildman–Crippen LogP) is 6.21. The molecule has 0 aliphatic carbocycles. The maximum Gasteiger partial charge on any atom is 0.264 e. The Morgan fingerprint density at radius 3 is 2.32 bits per heavy atom. The van der Waals surface area contributed by atoms with Crippen molar-refractivity contribution < 1.29 is 37.2 Å². The van der Waals surface area contributed by atoms with Crippen LogP contribution in [0.1, 0.15) is 97.7 Å². The second kappa shape index (κ2) is 16.8. The molecule has 0 saturated carbocycles. The van der Waals surface area contributed by atoms with Gasteiger partial charge in [0, 0.05) is 63.4 Å². The predicted molar refractivity (Wildman–Crippen MR) is 223 cm³/mol. The minimum absolute atomic E-state index is 0.000943. The number of imide groups is 2. The zero-order chi connectivity index (χ0) is 42.2. The van der Waals surface area contributed by atoms with Gasteiger partial charge in [-0.2, -0.15) is 0 Å². The van der Waals surface area contributed by atoms with Gasteiger partial charge in [-0.3, -0.25) is 39.0 Å². The Morgan fingerprint density at radius 2 is 1.59 bits per heavy atom. The van der Waals surface area contributed by atoms with Gasteiger partial charge < -0.3 is 20.9 Å². The van der Waals surface area contributed by atoms with E-state index >= 15 is 0 Å². The lowest BCUT2D eigenvalue weighted by Crippen LogP contribution is -2.54. The van der Waals surface area contributed by atoms with Gasteiger partial charge in [0.25, 0.3) is 23.6 Å². The van der Waals surface area contributed by atoms with Gasteiger partial charge in [0.05, 0.1) is 32.9 Å². The van der Waals surface area contributed by atoms with Crippen LogP contribution in [0, 0.1) is 13.8 Å². The van der Waals surface area contributed by atoms with Crippen molar-refractivity contribution in [3.8, 4) is 0 Å². The normalized spacial score (nSPS) is 16.9. The first kappa shape index (κ1) is 41.4. The molecule has 7 rings (SSSR count). The second-order valence-electron chi connectivity index (χ2n) is 14.6. The van der Waals surface area contributed by atoms with E-state index < -0.39 is 51.2 Å². The Balaban J connectivity index is 0.914. The Hall–Kier alpha value is -5.77. The van der Waals surface area contributed by atoms with E-state index in [9.17, 15) is 37.2 Å². The number of rotatable bonds is 14. The van der Waals surface area contributed by atoms with Crippen LogP contribution in [0.5, 0.6) is 0 Å². The Labute approximate surface area is 350 Å². The number of fused-ring (bicyclic) bond motifs is 2. The summed E-state index contributed by atoms with van der Waals surface area (Å²) in [7, 11) is -3.90. The van der Waals surface area contributed by atoms with Crippen LogP contribution in [0.3, 0.4) is 0 Å². The summed E-state index contributed by atoms with van der Waals surface area (Å²) in [5, 5.41) is 11.7. The van der Waals surface area contributed by atoms with Crippen LogP contribution in [0.4, 0.5) is 11.4 Å². The van der Waals surface area contributed by atoms with Crippen molar-refractivity contribution in [2.24, 2.45) is 0 Å². The van der Waals surface area contributed by atoms with Crippen molar-refractivity contribution in [3.63, 3.8) is 0 Å². The summed E-state index contributed by atoms with van der Waals surface area (Å²) in [6.45, 7) is 4.50. The highest BCUT2D eigenvalue weighted by atomic mass is 35.5. The van der Waals surface area contributed by atoms with Gasteiger partial charge in [0.2, 0.25) is 11.8 Å². The van der Waals surface area contributed by atoms with Gasteiger partial charge in [0.15, 0.2) is 9.84 Å². The largest absolute Gasteiger partial charge is 0.384 e. The highest BCUT2D eigenvalue weighted by Crippen LogP contribution is 2.37. The summed E-state index contributed by atoms with van der Waals surface area (Å²) in [6.07, 6.45) is 4.85. The lowest BCUT2D eigenvalue weighted by atomic mass is 10.0. The van der Waals surface area contributed by atoms with Crippen molar-refractivity contribution in [1.29, 1.82) is 0 Å². The highest BCUT2D eigenvalue weighted by Gasteiger charge is 2.45. The molecule has 3 aliphatic heterocycles. The summed E-state index contributed by atoms with van der Waals surface area (Å²) in [4.78, 5) is 81.0. The van der Waals surface area contributed by atoms with Crippen LogP contribution in [-0.4, -0.2) is 72.9 Å². The van der Waals surface area contributed by atoms with Crippen LogP contribution in [0.2, 0.25) is 10.0 Å². The fourth-order valence-electron chi connectivity index (χ4n) is 7.63. The summed E-state index contributed by atoms with van der Waals surface area (Å²) in [6, 6.07) is 13.1. The molecule has 4 aromatic rings. The molecule has 1 aromatic heterocycles. The van der Waals surface area contributed by atoms with E-state index in [1.165, 1.54) is 18.2 Å². The van der Waals surface area contributed by atoms with Gasteiger partial charge >= 0.3 is 0 Å². The Morgan fingerprint density at radius 1 is 0.881 bits per heavy atom. The maximum absolute atomic E-state index is 13.4. The van der Waals surface area contributed by atoms with E-state index in [1.807, 2.05) is 0 Å². The van der Waals surface area contributed by atoms with E-state index in [2.05, 4.69) is 26.3 Å². The zero-order valence-corrected chi connectivity index (χ0v) is 34.4. The molecule has 0 bridgehead atoms. The number of aryl methyl sites for hydroxylation is 1. The minimum Gasteiger partial charge on any atom is -0.384 e. The molecule has 4 heterocycles. The molecule has 5 N–H and O–H groups in total. The molecule has 1 fully saturated rings. The molecule has 1 saturated heterocycles. The number of anilines is 2. The first-order valence-corrected chi connectivity index (χ1v) is 21.5. The van der Waals surface area contributed by atoms with Crippen LogP contribution >= 0.6 is 23.2 Å². The number of halogens is 2. The summed E-state index contributed by atoms with van der Waals surface area (Å²) >= 11 is 12.5. The number of nitrogens with zero attached hydrogens (tertiary/aromatic N) is 1. The number of carbonyl (C=O) groups is 6. The number of hydrogen-bond acceptors (Lipinski definition) is 9. The van der Waals surface area contributed by atoms with Crippen LogP contribution in [0.15, 0.2) is 59.5 Å². The SMILES string of the molecule is Cc1[nH]c(C=C2C(=O)Nc3ccc(S(=O)(=O)Cc4c(Cl)cccc4Cl)cc32)c(C)c1C(=O)NCCCCCCNc1cccc2c1C(=O)N(C1CCC(=O)NC1=O)C2=O. The molecule has 17 heteroatoms. The fourth-order valence-corrected chi connectivity index (χ4v) is 9.75. The topological polar surface area (TPSA) is 204 Å². The number of piperidine rings is 1. The average Bonchev–Trinajstić information content (AvgIpc) is 3.76. The second-order valence-corrected chi connectivity index (χ2v) is 17.4. The Kier molecular flexibility index (Phi) is 11.8. The number of sulfone groups is 1. The van der Waals surface area contributed by atoms with Crippen molar-refractivity contribution in [1.82, 2.24) is 20.5 Å². The molecule has 306 valence electrons. The third-order valence-electron chi connectivity index (χ3n) is 10.7. The number of H-pyrrole nitrogens is 1. The lowest BCUT2D eigenvalue weighted by molar-refractivity contribution is -0.136. The van der Waals surface area contributed by atoms with Crippen molar-refractivity contribution in [2.75, 3.05) is 23.7 Å². The molecule has 1 atom stereocenters. The van der Waals surface area contributed by atoms with Crippen LogP contribution in [-0.2, 0) is 30.0 Å². The summed E-state index contributed by atoms with van der Waals surface area (Å²) in [5.41, 5.74) is 4.54. The molecule has 1 unspecified atom stereocenters. The number of unbranched alkanes of at least 4 members (excludes halogenated alkanes) is 3. The molecule has 0 spiro atoms. The molecule has 3 aliphatic rings. The third-order valence-corrected chi connectivity index (χ3v) is 13.0. The number of hydrogen-bond donors (Lipinski definition) is 5. The molecule has 14 nitrogen and oxygen atoms in total. The van der Waals surface area contributed by atoms with E-state index in [4.69, 9.17) is 23.2 Å². The van der Waals surface area contributed by atoms with Crippen LogP contribution < -0.4 is 21.3 Å². The van der Waals surface area contributed by atoms with Gasteiger partial charge in [-0.15, -0.1) is 0 Å². The molecule has 59 heavy (non-hydrogen) atoms. The summed E-state index contributed by atoms with van der Waals surface area (Å²) in [5.74, 6) is -3.32. The van der Waals surface area contributed by atoms with E-state index in [0.717, 1.165) is 24.2 Å². The molecular weight excluding hydrogens is 819 g/mol. The minimum atomic E-state index is -3.90. The average molecular weight is 860 g/mol. The van der Waals surface area contributed by atoms with Gasteiger partial charge in [-0.25, -0.2) is 8.42 Å². The fraction of sp³-hybridized carbons (Fsp3) is 0.286. The van der Waals surface area contributed by atoms with Crippen molar-refractivity contribution in [2.45, 2.75) is 69.1 Å². The number of aromatic amines is 1. The molecule has 3 aromatic carbocycles. The van der Waals surface area contributed by atoms with Gasteiger partial charge in [-0.1, -0.05) is 48.2 Å². The van der Waals surface area contributed by atoms with Crippen molar-refractivity contribution in [3.05, 3.63) is 109 Å². The third kappa shape index (κ3) is 8.27.